The van der Waals surface area contributed by atoms with E-state index in [-0.39, 0.29) is 5.82 Å². The van der Waals surface area contributed by atoms with E-state index >= 15 is 0 Å². The molecule has 0 heterocycles. The first-order valence-electron chi connectivity index (χ1n) is 4.61. The van der Waals surface area contributed by atoms with E-state index in [4.69, 9.17) is 10.5 Å². The van der Waals surface area contributed by atoms with Gasteiger partial charge in [0, 0.05) is 5.54 Å². The van der Waals surface area contributed by atoms with Crippen LogP contribution in [0, 0.1) is 12.7 Å². The molecule has 0 aliphatic carbocycles. The van der Waals surface area contributed by atoms with Crippen LogP contribution in [0.15, 0.2) is 10.5 Å². The van der Waals surface area contributed by atoms with Crippen LogP contribution in [0.3, 0.4) is 0 Å². The average Bonchev–Trinajstić information content (AvgIpc) is 2.08. The van der Waals surface area contributed by atoms with Crippen molar-refractivity contribution in [3.8, 4) is 5.75 Å². The van der Waals surface area contributed by atoms with E-state index in [0.717, 1.165) is 5.56 Å². The van der Waals surface area contributed by atoms with Crippen molar-refractivity contribution in [1.82, 2.24) is 0 Å². The highest BCUT2D eigenvalue weighted by Crippen LogP contribution is 2.36. The van der Waals surface area contributed by atoms with E-state index in [1.54, 1.807) is 19.9 Å². The number of methoxy groups -OCH3 is 1. The molecule has 1 aromatic rings. The van der Waals surface area contributed by atoms with Gasteiger partial charge < -0.3 is 10.5 Å². The maximum atomic E-state index is 13.9. The summed E-state index contributed by atoms with van der Waals surface area (Å²) in [5.74, 6) is 0.160. The second-order valence-electron chi connectivity index (χ2n) is 4.12. The highest BCUT2D eigenvalue weighted by atomic mass is 79.9. The number of ether oxygens (including phenoxy) is 1. The molecule has 0 bridgehead atoms. The van der Waals surface area contributed by atoms with Gasteiger partial charge in [0.05, 0.1) is 17.1 Å². The zero-order valence-corrected chi connectivity index (χ0v) is 10.9. The van der Waals surface area contributed by atoms with Gasteiger partial charge in [-0.05, 0) is 48.3 Å². The third-order valence-corrected chi connectivity index (χ3v) is 2.78. The van der Waals surface area contributed by atoms with E-state index in [0.29, 0.717) is 15.8 Å². The molecule has 15 heavy (non-hydrogen) atoms. The van der Waals surface area contributed by atoms with Gasteiger partial charge in [0.2, 0.25) is 0 Å². The zero-order chi connectivity index (χ0) is 11.8. The van der Waals surface area contributed by atoms with Crippen LogP contribution in [-0.2, 0) is 5.54 Å². The molecule has 0 saturated heterocycles. The maximum absolute atomic E-state index is 13.9. The van der Waals surface area contributed by atoms with E-state index in [2.05, 4.69) is 15.9 Å². The van der Waals surface area contributed by atoms with Crippen LogP contribution in [0.2, 0.25) is 0 Å². The van der Waals surface area contributed by atoms with E-state index in [1.807, 2.05) is 6.92 Å². The quantitative estimate of drug-likeness (QED) is 0.900. The Balaban J connectivity index is 3.59. The lowest BCUT2D eigenvalue weighted by Crippen LogP contribution is -2.31. The molecular weight excluding hydrogens is 261 g/mol. The van der Waals surface area contributed by atoms with Crippen LogP contribution in [-0.4, -0.2) is 7.11 Å². The normalized spacial score (nSPS) is 11.7. The van der Waals surface area contributed by atoms with Gasteiger partial charge in [-0.2, -0.15) is 0 Å². The Morgan fingerprint density at radius 3 is 2.40 bits per heavy atom. The maximum Gasteiger partial charge on any atom is 0.146 e. The van der Waals surface area contributed by atoms with Gasteiger partial charge in [0.25, 0.3) is 0 Å². The fourth-order valence-electron chi connectivity index (χ4n) is 1.57. The Morgan fingerprint density at radius 1 is 1.47 bits per heavy atom. The summed E-state index contributed by atoms with van der Waals surface area (Å²) in [6, 6.07) is 1.68. The van der Waals surface area contributed by atoms with Gasteiger partial charge in [0.1, 0.15) is 11.6 Å². The SMILES string of the molecule is COc1c(C)cc(Br)c(F)c1C(C)(C)N. The standard InChI is InChI=1S/C11H15BrFNO/c1-6-5-7(12)9(13)8(10(6)15-4)11(2,3)14/h5H,14H2,1-4H3. The Hall–Kier alpha value is -0.610. The minimum atomic E-state index is -0.774. The zero-order valence-electron chi connectivity index (χ0n) is 9.32. The Kier molecular flexibility index (Phi) is 3.41. The molecule has 0 amide bonds. The van der Waals surface area contributed by atoms with Gasteiger partial charge >= 0.3 is 0 Å². The monoisotopic (exact) mass is 275 g/mol. The average molecular weight is 276 g/mol. The smallest absolute Gasteiger partial charge is 0.146 e. The van der Waals surface area contributed by atoms with Crippen LogP contribution in [0.5, 0.6) is 5.75 Å². The summed E-state index contributed by atoms with van der Waals surface area (Å²) in [6.45, 7) is 5.36. The lowest BCUT2D eigenvalue weighted by molar-refractivity contribution is 0.380. The summed E-state index contributed by atoms with van der Waals surface area (Å²) in [5.41, 5.74) is 6.42. The lowest BCUT2D eigenvalue weighted by atomic mass is 9.92. The number of halogens is 2. The fraction of sp³-hybridized carbons (Fsp3) is 0.455. The molecule has 0 saturated carbocycles. The lowest BCUT2D eigenvalue weighted by Gasteiger charge is -2.24. The number of nitrogens with two attached hydrogens (primary N) is 1. The van der Waals surface area contributed by atoms with Crippen molar-refractivity contribution < 1.29 is 9.13 Å². The third-order valence-electron chi connectivity index (χ3n) is 2.21. The number of hydrogen-bond acceptors (Lipinski definition) is 2. The molecule has 1 aromatic carbocycles. The predicted molar refractivity (Wildman–Crippen MR) is 62.6 cm³/mol. The highest BCUT2D eigenvalue weighted by Gasteiger charge is 2.26. The Bertz CT molecular complexity index is 385. The topological polar surface area (TPSA) is 35.2 Å². The largest absolute Gasteiger partial charge is 0.496 e. The Morgan fingerprint density at radius 2 is 2.00 bits per heavy atom. The molecule has 0 radical (unpaired) electrons. The van der Waals surface area contributed by atoms with Crippen molar-refractivity contribution in [2.45, 2.75) is 26.3 Å². The third kappa shape index (κ3) is 2.32. The summed E-state index contributed by atoms with van der Waals surface area (Å²) in [6.07, 6.45) is 0. The summed E-state index contributed by atoms with van der Waals surface area (Å²) < 4.78 is 19.5. The van der Waals surface area contributed by atoms with Gasteiger partial charge in [-0.15, -0.1) is 0 Å². The molecule has 0 aliphatic rings. The first kappa shape index (κ1) is 12.5. The molecule has 0 aromatic heterocycles. The molecule has 84 valence electrons. The van der Waals surface area contributed by atoms with Crippen molar-refractivity contribution in [2.75, 3.05) is 7.11 Å². The van der Waals surface area contributed by atoms with Crippen molar-refractivity contribution >= 4 is 15.9 Å². The van der Waals surface area contributed by atoms with Crippen LogP contribution in [0.4, 0.5) is 4.39 Å². The van der Waals surface area contributed by atoms with Gasteiger partial charge in [0.15, 0.2) is 0 Å². The van der Waals surface area contributed by atoms with Crippen LogP contribution in [0.25, 0.3) is 0 Å². The van der Waals surface area contributed by atoms with Gasteiger partial charge in [-0.3, -0.25) is 0 Å². The molecule has 0 unspecified atom stereocenters. The number of rotatable bonds is 2. The summed E-state index contributed by atoms with van der Waals surface area (Å²) >= 11 is 3.17. The highest BCUT2D eigenvalue weighted by molar-refractivity contribution is 9.10. The number of benzene rings is 1. The van der Waals surface area contributed by atoms with Crippen molar-refractivity contribution in [3.05, 3.63) is 27.5 Å². The molecular formula is C11H15BrFNO. The number of hydrogen-bond donors (Lipinski definition) is 1. The second kappa shape index (κ2) is 4.10. The first-order valence-corrected chi connectivity index (χ1v) is 5.40. The minimum Gasteiger partial charge on any atom is -0.496 e. The molecule has 0 aliphatic heterocycles. The number of aryl methyl sites for hydroxylation is 1. The molecule has 0 fully saturated rings. The molecule has 2 nitrogen and oxygen atoms in total. The predicted octanol–water partition coefficient (Wildman–Crippen LogP) is 3.10. The summed E-state index contributed by atoms with van der Waals surface area (Å²) in [4.78, 5) is 0. The minimum absolute atomic E-state index is 0.357. The molecule has 1 rings (SSSR count). The van der Waals surface area contributed by atoms with E-state index in [9.17, 15) is 4.39 Å². The molecule has 0 spiro atoms. The first-order chi connectivity index (χ1) is 6.79. The molecule has 4 heteroatoms. The fourth-order valence-corrected chi connectivity index (χ4v) is 2.12. The van der Waals surface area contributed by atoms with Crippen molar-refractivity contribution in [1.29, 1.82) is 0 Å². The van der Waals surface area contributed by atoms with Crippen LogP contribution in [0.1, 0.15) is 25.0 Å². The van der Waals surface area contributed by atoms with Crippen molar-refractivity contribution in [2.24, 2.45) is 5.73 Å². The van der Waals surface area contributed by atoms with Gasteiger partial charge in [-0.25, -0.2) is 4.39 Å². The summed E-state index contributed by atoms with van der Waals surface area (Å²) in [5, 5.41) is 0. The van der Waals surface area contributed by atoms with E-state index in [1.165, 1.54) is 7.11 Å². The van der Waals surface area contributed by atoms with Crippen LogP contribution >= 0.6 is 15.9 Å². The van der Waals surface area contributed by atoms with Crippen molar-refractivity contribution in [3.63, 3.8) is 0 Å². The van der Waals surface area contributed by atoms with E-state index < -0.39 is 5.54 Å². The second-order valence-corrected chi connectivity index (χ2v) is 4.97. The Labute approximate surface area is 97.7 Å². The van der Waals surface area contributed by atoms with Crippen LogP contribution < -0.4 is 10.5 Å². The van der Waals surface area contributed by atoms with Gasteiger partial charge in [-0.1, -0.05) is 0 Å². The summed E-state index contributed by atoms with van der Waals surface area (Å²) in [7, 11) is 1.52. The molecule has 2 N–H and O–H groups in total. The molecule has 0 atom stereocenters.